The fourth-order valence-electron chi connectivity index (χ4n) is 2.30. The van der Waals surface area contributed by atoms with Crippen molar-refractivity contribution in [2.24, 2.45) is 5.92 Å². The van der Waals surface area contributed by atoms with Crippen LogP contribution in [0.1, 0.15) is 23.2 Å². The second-order valence-corrected chi connectivity index (χ2v) is 6.08. The molecule has 2 aromatic rings. The Balaban J connectivity index is 1.75. The number of nitrogens with one attached hydrogen (secondary N) is 2. The van der Waals surface area contributed by atoms with E-state index >= 15 is 0 Å². The monoisotopic (exact) mass is 344 g/mol. The van der Waals surface area contributed by atoms with Crippen molar-refractivity contribution in [3.63, 3.8) is 0 Å². The first kappa shape index (κ1) is 16.3. The third kappa shape index (κ3) is 3.86. The minimum atomic E-state index is -0.307. The second-order valence-electron chi connectivity index (χ2n) is 5.64. The molecule has 0 spiro atoms. The molecule has 5 nitrogen and oxygen atoms in total. The smallest absolute Gasteiger partial charge is 0.255 e. The summed E-state index contributed by atoms with van der Waals surface area (Å²) in [6.07, 6.45) is 1.86. The molecular weight excluding hydrogens is 328 g/mol. The molecule has 6 heteroatoms. The van der Waals surface area contributed by atoms with Crippen molar-refractivity contribution in [1.29, 1.82) is 0 Å². The zero-order chi connectivity index (χ0) is 17.1. The van der Waals surface area contributed by atoms with Gasteiger partial charge in [-0.25, -0.2) is 0 Å². The molecule has 3 rings (SSSR count). The highest BCUT2D eigenvalue weighted by Crippen LogP contribution is 2.30. The Kier molecular flexibility index (Phi) is 4.71. The van der Waals surface area contributed by atoms with E-state index in [9.17, 15) is 9.59 Å². The molecule has 1 aliphatic rings. The third-order valence-corrected chi connectivity index (χ3v) is 3.99. The number of amides is 2. The Hall–Kier alpha value is -2.53. The van der Waals surface area contributed by atoms with E-state index < -0.39 is 0 Å². The summed E-state index contributed by atoms with van der Waals surface area (Å²) in [7, 11) is 1.52. The van der Waals surface area contributed by atoms with Gasteiger partial charge in [0, 0.05) is 22.2 Å². The van der Waals surface area contributed by atoms with E-state index in [1.54, 1.807) is 42.5 Å². The molecule has 0 saturated heterocycles. The number of anilines is 2. The molecule has 0 heterocycles. The molecule has 0 bridgehead atoms. The maximum atomic E-state index is 12.5. The van der Waals surface area contributed by atoms with Gasteiger partial charge < -0.3 is 15.4 Å². The van der Waals surface area contributed by atoms with Crippen LogP contribution in [0.2, 0.25) is 5.02 Å². The van der Waals surface area contributed by atoms with E-state index in [4.69, 9.17) is 16.3 Å². The van der Waals surface area contributed by atoms with Crippen LogP contribution in [-0.4, -0.2) is 18.9 Å². The van der Waals surface area contributed by atoms with Crippen LogP contribution in [0.5, 0.6) is 5.75 Å². The van der Waals surface area contributed by atoms with Crippen molar-refractivity contribution < 1.29 is 14.3 Å². The van der Waals surface area contributed by atoms with Crippen LogP contribution in [0.15, 0.2) is 42.5 Å². The molecule has 24 heavy (non-hydrogen) atoms. The summed E-state index contributed by atoms with van der Waals surface area (Å²) in [4.78, 5) is 24.3. The van der Waals surface area contributed by atoms with Crippen LogP contribution >= 0.6 is 11.6 Å². The fourth-order valence-corrected chi connectivity index (χ4v) is 2.47. The summed E-state index contributed by atoms with van der Waals surface area (Å²) in [5, 5.41) is 6.10. The number of hydrogen-bond donors (Lipinski definition) is 2. The van der Waals surface area contributed by atoms with Crippen LogP contribution in [0.25, 0.3) is 0 Å². The fraction of sp³-hybridized carbons (Fsp3) is 0.222. The minimum Gasteiger partial charge on any atom is -0.495 e. The summed E-state index contributed by atoms with van der Waals surface area (Å²) >= 11 is 5.97. The van der Waals surface area contributed by atoms with Crippen LogP contribution in [0.3, 0.4) is 0 Å². The largest absolute Gasteiger partial charge is 0.495 e. The molecule has 1 fully saturated rings. The average Bonchev–Trinajstić information content (AvgIpc) is 3.40. The maximum Gasteiger partial charge on any atom is 0.255 e. The Labute approximate surface area is 145 Å². The summed E-state index contributed by atoms with van der Waals surface area (Å²) in [5.41, 5.74) is 1.53. The van der Waals surface area contributed by atoms with E-state index in [1.807, 2.05) is 0 Å². The minimum absolute atomic E-state index is 0.00377. The lowest BCUT2D eigenvalue weighted by molar-refractivity contribution is -0.117. The number of methoxy groups -OCH3 is 1. The number of carbonyl (C=O) groups excluding carboxylic acids is 2. The van der Waals surface area contributed by atoms with Gasteiger partial charge in [0.05, 0.1) is 12.8 Å². The summed E-state index contributed by atoms with van der Waals surface area (Å²) < 4.78 is 5.22. The van der Waals surface area contributed by atoms with E-state index in [2.05, 4.69) is 10.6 Å². The van der Waals surface area contributed by atoms with Crippen LogP contribution in [0, 0.1) is 5.92 Å². The lowest BCUT2D eigenvalue weighted by atomic mass is 10.1. The van der Waals surface area contributed by atoms with Crippen molar-refractivity contribution in [1.82, 2.24) is 0 Å². The lowest BCUT2D eigenvalue weighted by Crippen LogP contribution is -2.15. The van der Waals surface area contributed by atoms with Gasteiger partial charge in [-0.2, -0.15) is 0 Å². The summed E-state index contributed by atoms with van der Waals surface area (Å²) in [6.45, 7) is 0. The predicted molar refractivity (Wildman–Crippen MR) is 93.8 cm³/mol. The number of hydrogen-bond acceptors (Lipinski definition) is 3. The highest BCUT2D eigenvalue weighted by atomic mass is 35.5. The van der Waals surface area contributed by atoms with E-state index in [-0.39, 0.29) is 17.7 Å². The number of ether oxygens (including phenoxy) is 1. The van der Waals surface area contributed by atoms with Gasteiger partial charge in [-0.05, 0) is 49.2 Å². The van der Waals surface area contributed by atoms with Gasteiger partial charge in [0.15, 0.2) is 0 Å². The topological polar surface area (TPSA) is 67.4 Å². The Morgan fingerprint density at radius 2 is 1.92 bits per heavy atom. The van der Waals surface area contributed by atoms with Gasteiger partial charge in [0.25, 0.3) is 5.91 Å². The average molecular weight is 345 g/mol. The van der Waals surface area contributed by atoms with E-state index in [1.165, 1.54) is 7.11 Å². The Morgan fingerprint density at radius 3 is 2.62 bits per heavy atom. The van der Waals surface area contributed by atoms with Crippen molar-refractivity contribution >= 4 is 34.8 Å². The van der Waals surface area contributed by atoms with Crippen LogP contribution in [0.4, 0.5) is 11.4 Å². The van der Waals surface area contributed by atoms with Crippen molar-refractivity contribution in [2.75, 3.05) is 17.7 Å². The SMILES string of the molecule is COc1ccc(Cl)cc1NC(=O)c1cccc(NC(=O)C2CC2)c1. The van der Waals surface area contributed by atoms with Crippen molar-refractivity contribution in [2.45, 2.75) is 12.8 Å². The zero-order valence-electron chi connectivity index (χ0n) is 13.1. The molecule has 1 saturated carbocycles. The van der Waals surface area contributed by atoms with Crippen molar-refractivity contribution in [3.8, 4) is 5.75 Å². The predicted octanol–water partition coefficient (Wildman–Crippen LogP) is 3.95. The quantitative estimate of drug-likeness (QED) is 0.863. The second kappa shape index (κ2) is 6.93. The number of halogens is 1. The van der Waals surface area contributed by atoms with Crippen molar-refractivity contribution in [3.05, 3.63) is 53.1 Å². The molecule has 0 unspecified atom stereocenters. The van der Waals surface area contributed by atoms with Gasteiger partial charge in [0.2, 0.25) is 5.91 Å². The molecule has 0 radical (unpaired) electrons. The number of benzene rings is 2. The standard InChI is InChI=1S/C18H17ClN2O3/c1-24-16-8-7-13(19)10-15(16)21-18(23)12-3-2-4-14(9-12)20-17(22)11-5-6-11/h2-4,7-11H,5-6H2,1H3,(H,20,22)(H,21,23). The first-order chi connectivity index (χ1) is 11.6. The molecule has 1 aliphatic carbocycles. The van der Waals surface area contributed by atoms with Gasteiger partial charge in [-0.3, -0.25) is 9.59 Å². The third-order valence-electron chi connectivity index (χ3n) is 3.75. The first-order valence-corrected chi connectivity index (χ1v) is 8.00. The molecule has 0 aliphatic heterocycles. The summed E-state index contributed by atoms with van der Waals surface area (Å²) in [5.74, 6) is 0.325. The maximum absolute atomic E-state index is 12.5. The van der Waals surface area contributed by atoms with Crippen LogP contribution < -0.4 is 15.4 Å². The first-order valence-electron chi connectivity index (χ1n) is 7.62. The number of rotatable bonds is 5. The molecule has 0 atom stereocenters. The molecule has 2 aromatic carbocycles. The molecule has 2 amide bonds. The highest BCUT2D eigenvalue weighted by molar-refractivity contribution is 6.31. The van der Waals surface area contributed by atoms with Crippen LogP contribution in [-0.2, 0) is 4.79 Å². The zero-order valence-corrected chi connectivity index (χ0v) is 13.9. The lowest BCUT2D eigenvalue weighted by Gasteiger charge is -2.11. The number of carbonyl (C=O) groups is 2. The molecular formula is C18H17ClN2O3. The Morgan fingerprint density at radius 1 is 1.12 bits per heavy atom. The normalized spacial score (nSPS) is 13.2. The van der Waals surface area contributed by atoms with E-state index in [0.717, 1.165) is 12.8 Å². The molecule has 124 valence electrons. The molecule has 0 aromatic heterocycles. The highest BCUT2D eigenvalue weighted by Gasteiger charge is 2.29. The molecule has 2 N–H and O–H groups in total. The summed E-state index contributed by atoms with van der Waals surface area (Å²) in [6, 6.07) is 11.8. The Bertz CT molecular complexity index is 788. The van der Waals surface area contributed by atoms with E-state index in [0.29, 0.717) is 27.7 Å². The van der Waals surface area contributed by atoms with Gasteiger partial charge in [-0.1, -0.05) is 17.7 Å². The van der Waals surface area contributed by atoms with Gasteiger partial charge in [-0.15, -0.1) is 0 Å². The van der Waals surface area contributed by atoms with Gasteiger partial charge >= 0.3 is 0 Å². The van der Waals surface area contributed by atoms with Gasteiger partial charge in [0.1, 0.15) is 5.75 Å².